The van der Waals surface area contributed by atoms with Crippen LogP contribution in [0.4, 0.5) is 11.4 Å². The molecule has 0 amide bonds. The lowest BCUT2D eigenvalue weighted by atomic mass is 10.1. The lowest BCUT2D eigenvalue weighted by molar-refractivity contribution is 0.249. The zero-order chi connectivity index (χ0) is 11.4. The van der Waals surface area contributed by atoms with Crippen molar-refractivity contribution in [3.63, 3.8) is 0 Å². The Kier molecular flexibility index (Phi) is 4.66. The largest absolute Gasteiger partial charge is 0.399 e. The van der Waals surface area contributed by atoms with Gasteiger partial charge in [0.1, 0.15) is 0 Å². The van der Waals surface area contributed by atoms with E-state index in [1.807, 2.05) is 18.2 Å². The Morgan fingerprint density at radius 3 is 2.60 bits per heavy atom. The first kappa shape index (κ1) is 12.6. The molecule has 0 saturated carbocycles. The Labute approximate surface area is 104 Å². The van der Waals surface area contributed by atoms with Crippen molar-refractivity contribution in [3.05, 3.63) is 21.8 Å². The van der Waals surface area contributed by atoms with Gasteiger partial charge in [-0.25, -0.2) is 0 Å². The van der Waals surface area contributed by atoms with E-state index >= 15 is 0 Å². The van der Waals surface area contributed by atoms with E-state index in [2.05, 4.69) is 41.8 Å². The number of nitrogen functional groups attached to an aromatic ring is 1. The normalized spacial score (nSPS) is 12.9. The van der Waals surface area contributed by atoms with Crippen molar-refractivity contribution < 1.29 is 5.11 Å². The zero-order valence-electron chi connectivity index (χ0n) is 9.00. The van der Waals surface area contributed by atoms with E-state index < -0.39 is 0 Å². The molecule has 0 aromatic heterocycles. The molecule has 3 nitrogen and oxygen atoms in total. The minimum atomic E-state index is 0.0853. The molecule has 0 fully saturated rings. The van der Waals surface area contributed by atoms with E-state index in [1.165, 1.54) is 0 Å². The third-order valence-electron chi connectivity index (χ3n) is 2.34. The van der Waals surface area contributed by atoms with Crippen molar-refractivity contribution in [2.45, 2.75) is 19.9 Å². The van der Waals surface area contributed by atoms with Crippen molar-refractivity contribution in [2.24, 2.45) is 5.92 Å². The number of halogens is 1. The number of anilines is 2. The molecule has 15 heavy (non-hydrogen) atoms. The summed E-state index contributed by atoms with van der Waals surface area (Å²) in [6, 6.07) is 5.81. The topological polar surface area (TPSA) is 58.3 Å². The maximum atomic E-state index is 9.21. The number of hydrogen-bond donors (Lipinski definition) is 3. The highest BCUT2D eigenvalue weighted by Crippen LogP contribution is 2.22. The van der Waals surface area contributed by atoms with Crippen LogP contribution in [0.15, 0.2) is 18.2 Å². The molecular formula is C11H17IN2O. The maximum absolute atomic E-state index is 9.21. The van der Waals surface area contributed by atoms with Gasteiger partial charge in [0.05, 0.1) is 12.6 Å². The number of nitrogens with two attached hydrogens (primary N) is 1. The molecular weight excluding hydrogens is 303 g/mol. The summed E-state index contributed by atoms with van der Waals surface area (Å²) in [6.07, 6.45) is 0. The van der Waals surface area contributed by atoms with Gasteiger partial charge < -0.3 is 16.2 Å². The smallest absolute Gasteiger partial charge is 0.0635 e. The quantitative estimate of drug-likeness (QED) is 0.589. The van der Waals surface area contributed by atoms with Gasteiger partial charge in [0, 0.05) is 14.9 Å². The van der Waals surface area contributed by atoms with Gasteiger partial charge in [-0.05, 0) is 46.7 Å². The molecule has 0 aliphatic heterocycles. The first-order valence-electron chi connectivity index (χ1n) is 4.97. The van der Waals surface area contributed by atoms with Crippen LogP contribution in [0.3, 0.4) is 0 Å². The van der Waals surface area contributed by atoms with Gasteiger partial charge in [-0.3, -0.25) is 0 Å². The summed E-state index contributed by atoms with van der Waals surface area (Å²) in [5.74, 6) is 0.392. The predicted octanol–water partition coefficient (Wildman–Crippen LogP) is 2.30. The first-order chi connectivity index (χ1) is 7.04. The van der Waals surface area contributed by atoms with Crippen LogP contribution in [0.2, 0.25) is 0 Å². The van der Waals surface area contributed by atoms with Crippen LogP contribution in [0.1, 0.15) is 13.8 Å². The van der Waals surface area contributed by atoms with Gasteiger partial charge >= 0.3 is 0 Å². The van der Waals surface area contributed by atoms with E-state index in [0.717, 1.165) is 14.9 Å². The number of hydrogen-bond acceptors (Lipinski definition) is 3. The molecule has 1 rings (SSSR count). The maximum Gasteiger partial charge on any atom is 0.0635 e. The second-order valence-corrected chi connectivity index (χ2v) is 5.08. The first-order valence-corrected chi connectivity index (χ1v) is 6.05. The van der Waals surface area contributed by atoms with Crippen LogP contribution in [-0.2, 0) is 0 Å². The van der Waals surface area contributed by atoms with Crippen LogP contribution in [-0.4, -0.2) is 17.8 Å². The highest BCUT2D eigenvalue weighted by molar-refractivity contribution is 14.1. The molecule has 0 spiro atoms. The standard InChI is InChI=1S/C11H17IN2O/c1-7(2)11(6-15)14-10-4-3-8(13)5-9(10)12/h3-5,7,11,14-15H,6,13H2,1-2H3. The van der Waals surface area contributed by atoms with Crippen LogP contribution in [0, 0.1) is 9.49 Å². The highest BCUT2D eigenvalue weighted by atomic mass is 127. The lowest BCUT2D eigenvalue weighted by Crippen LogP contribution is -2.29. The molecule has 0 radical (unpaired) electrons. The van der Waals surface area contributed by atoms with E-state index in [9.17, 15) is 5.11 Å². The van der Waals surface area contributed by atoms with Gasteiger partial charge in [0.25, 0.3) is 0 Å². The van der Waals surface area contributed by atoms with Gasteiger partial charge in [0.2, 0.25) is 0 Å². The van der Waals surface area contributed by atoms with Crippen molar-refractivity contribution in [1.82, 2.24) is 0 Å². The summed E-state index contributed by atoms with van der Waals surface area (Å²) < 4.78 is 1.08. The minimum Gasteiger partial charge on any atom is -0.399 e. The summed E-state index contributed by atoms with van der Waals surface area (Å²) in [6.45, 7) is 4.30. The third kappa shape index (κ3) is 3.53. The van der Waals surface area contributed by atoms with Crippen molar-refractivity contribution in [3.8, 4) is 0 Å². The van der Waals surface area contributed by atoms with Gasteiger partial charge in [0.15, 0.2) is 0 Å². The number of benzene rings is 1. The lowest BCUT2D eigenvalue weighted by Gasteiger charge is -2.22. The Bertz CT molecular complexity index is 328. The zero-order valence-corrected chi connectivity index (χ0v) is 11.2. The van der Waals surface area contributed by atoms with Gasteiger partial charge in [-0.1, -0.05) is 13.8 Å². The number of nitrogens with one attached hydrogen (secondary N) is 1. The van der Waals surface area contributed by atoms with Crippen molar-refractivity contribution >= 4 is 34.0 Å². The van der Waals surface area contributed by atoms with Gasteiger partial charge in [-0.2, -0.15) is 0 Å². The van der Waals surface area contributed by atoms with Crippen LogP contribution < -0.4 is 11.1 Å². The summed E-state index contributed by atoms with van der Waals surface area (Å²) in [5.41, 5.74) is 7.45. The highest BCUT2D eigenvalue weighted by Gasteiger charge is 2.12. The minimum absolute atomic E-state index is 0.0853. The average molecular weight is 320 g/mol. The molecule has 0 heterocycles. The fraction of sp³-hybridized carbons (Fsp3) is 0.455. The second kappa shape index (κ2) is 5.55. The molecule has 1 atom stereocenters. The van der Waals surface area contributed by atoms with E-state index in [0.29, 0.717) is 5.92 Å². The molecule has 0 bridgehead atoms. The van der Waals surface area contributed by atoms with Crippen LogP contribution in [0.25, 0.3) is 0 Å². The molecule has 0 aliphatic rings. The predicted molar refractivity (Wildman–Crippen MR) is 72.9 cm³/mol. The van der Waals surface area contributed by atoms with Crippen molar-refractivity contribution in [2.75, 3.05) is 17.7 Å². The Morgan fingerprint density at radius 1 is 1.47 bits per heavy atom. The molecule has 4 heteroatoms. The van der Waals surface area contributed by atoms with Crippen LogP contribution >= 0.6 is 22.6 Å². The number of rotatable bonds is 4. The fourth-order valence-electron chi connectivity index (χ4n) is 1.27. The monoisotopic (exact) mass is 320 g/mol. The Morgan fingerprint density at radius 2 is 2.13 bits per heavy atom. The van der Waals surface area contributed by atoms with Crippen molar-refractivity contribution in [1.29, 1.82) is 0 Å². The molecule has 0 saturated heterocycles. The summed E-state index contributed by atoms with van der Waals surface area (Å²) >= 11 is 2.23. The molecule has 4 N–H and O–H groups in total. The third-order valence-corrected chi connectivity index (χ3v) is 3.23. The molecule has 0 aliphatic carbocycles. The molecule has 1 aromatic carbocycles. The summed E-state index contributed by atoms with van der Waals surface area (Å²) in [5, 5.41) is 12.5. The van der Waals surface area contributed by atoms with Gasteiger partial charge in [-0.15, -0.1) is 0 Å². The Hall–Kier alpha value is -0.490. The van der Waals surface area contributed by atoms with E-state index in [1.54, 1.807) is 0 Å². The van der Waals surface area contributed by atoms with E-state index in [-0.39, 0.29) is 12.6 Å². The number of aliphatic hydroxyl groups excluding tert-OH is 1. The summed E-state index contributed by atoms with van der Waals surface area (Å²) in [4.78, 5) is 0. The van der Waals surface area contributed by atoms with E-state index in [4.69, 9.17) is 5.73 Å². The fourth-order valence-corrected chi connectivity index (χ4v) is 1.97. The van der Waals surface area contributed by atoms with Crippen LogP contribution in [0.5, 0.6) is 0 Å². The molecule has 1 unspecified atom stereocenters. The average Bonchev–Trinajstić information content (AvgIpc) is 2.16. The number of aliphatic hydroxyl groups is 1. The second-order valence-electron chi connectivity index (χ2n) is 3.92. The SMILES string of the molecule is CC(C)C(CO)Nc1ccc(N)cc1I. The Balaban J connectivity index is 2.79. The summed E-state index contributed by atoms with van der Waals surface area (Å²) in [7, 11) is 0. The molecule has 84 valence electrons. The molecule has 1 aromatic rings.